The number of anilines is 1. The van der Waals surface area contributed by atoms with Crippen LogP contribution < -0.4 is 5.32 Å². The molecule has 170 valence electrons. The molecule has 4 rings (SSSR count). The van der Waals surface area contributed by atoms with Gasteiger partial charge in [0.15, 0.2) is 0 Å². The van der Waals surface area contributed by atoms with Gasteiger partial charge in [-0.1, -0.05) is 48.5 Å². The van der Waals surface area contributed by atoms with Crippen LogP contribution in [0.15, 0.2) is 54.7 Å². The number of benzene rings is 2. The molecule has 0 saturated carbocycles. The summed E-state index contributed by atoms with van der Waals surface area (Å²) in [6.45, 7) is 1.52. The van der Waals surface area contributed by atoms with Gasteiger partial charge < -0.3 is 14.7 Å². The average Bonchev–Trinajstić information content (AvgIpc) is 3.33. The number of hydrogen-bond acceptors (Lipinski definition) is 5. The summed E-state index contributed by atoms with van der Waals surface area (Å²) < 4.78 is 6.81. The van der Waals surface area contributed by atoms with Crippen LogP contribution in [0.1, 0.15) is 34.5 Å². The number of rotatable bonds is 6. The van der Waals surface area contributed by atoms with E-state index < -0.39 is 24.0 Å². The van der Waals surface area contributed by atoms with Crippen LogP contribution in [0.3, 0.4) is 0 Å². The number of likely N-dealkylation sites (N-methyl/N-ethyl adjacent to an activating group) is 1. The van der Waals surface area contributed by atoms with Crippen molar-refractivity contribution in [3.8, 4) is 11.1 Å². The molecule has 9 nitrogen and oxygen atoms in total. The first kappa shape index (κ1) is 22.1. The number of aliphatic carboxylic acids is 1. The molecule has 0 aliphatic heterocycles. The molecule has 0 unspecified atom stereocenters. The average molecular weight is 448 g/mol. The number of ether oxygens (including phenoxy) is 1. The molecule has 0 fully saturated rings. The Labute approximate surface area is 190 Å². The molecule has 0 spiro atoms. The number of carbonyl (C=O) groups excluding carboxylic acids is 2. The molecule has 2 amide bonds. The molecule has 9 heteroatoms. The van der Waals surface area contributed by atoms with E-state index in [1.807, 2.05) is 36.4 Å². The predicted molar refractivity (Wildman–Crippen MR) is 121 cm³/mol. The van der Waals surface area contributed by atoms with Crippen LogP contribution in [0.4, 0.5) is 10.5 Å². The molecule has 0 bridgehead atoms. The van der Waals surface area contributed by atoms with E-state index in [1.54, 1.807) is 0 Å². The fourth-order valence-electron chi connectivity index (χ4n) is 4.04. The zero-order valence-corrected chi connectivity index (χ0v) is 18.5. The van der Waals surface area contributed by atoms with E-state index in [9.17, 15) is 19.5 Å². The Hall–Kier alpha value is -4.14. The Balaban J connectivity index is 1.48. The summed E-state index contributed by atoms with van der Waals surface area (Å²) >= 11 is 0. The topological polar surface area (TPSA) is 114 Å². The lowest BCUT2D eigenvalue weighted by atomic mass is 9.98. The molecule has 2 aromatic carbocycles. The first-order valence-electron chi connectivity index (χ1n) is 10.4. The highest BCUT2D eigenvalue weighted by Gasteiger charge is 2.30. The number of nitrogens with one attached hydrogen (secondary N) is 1. The summed E-state index contributed by atoms with van der Waals surface area (Å²) in [5.41, 5.74) is 4.62. The van der Waals surface area contributed by atoms with Gasteiger partial charge in [-0.2, -0.15) is 5.10 Å². The third-order valence-electron chi connectivity index (χ3n) is 5.98. The van der Waals surface area contributed by atoms with Crippen LogP contribution in [0.2, 0.25) is 0 Å². The number of hydrogen-bond donors (Lipinski definition) is 2. The number of fused-ring (bicyclic) bond motifs is 3. The maximum absolute atomic E-state index is 12.8. The Morgan fingerprint density at radius 2 is 1.70 bits per heavy atom. The van der Waals surface area contributed by atoms with Crippen molar-refractivity contribution in [2.24, 2.45) is 7.05 Å². The van der Waals surface area contributed by atoms with Crippen molar-refractivity contribution in [1.82, 2.24) is 14.7 Å². The lowest BCUT2D eigenvalue weighted by molar-refractivity contribution is -0.141. The van der Waals surface area contributed by atoms with Crippen molar-refractivity contribution in [2.75, 3.05) is 19.0 Å². The van der Waals surface area contributed by atoms with Gasteiger partial charge in [-0.05, 0) is 29.2 Å². The number of aryl methyl sites for hydroxylation is 1. The molecule has 1 aromatic heterocycles. The maximum atomic E-state index is 12.8. The number of carboxylic acids is 1. The first-order valence-corrected chi connectivity index (χ1v) is 10.4. The molecule has 1 aliphatic rings. The second-order valence-electron chi connectivity index (χ2n) is 7.91. The third-order valence-corrected chi connectivity index (χ3v) is 5.98. The minimum atomic E-state index is -1.14. The van der Waals surface area contributed by atoms with E-state index in [2.05, 4.69) is 22.5 Å². The summed E-state index contributed by atoms with van der Waals surface area (Å²) in [5, 5.41) is 15.8. The van der Waals surface area contributed by atoms with Crippen LogP contribution in [-0.4, -0.2) is 57.5 Å². The monoisotopic (exact) mass is 448 g/mol. The minimum Gasteiger partial charge on any atom is -0.480 e. The molecule has 1 heterocycles. The van der Waals surface area contributed by atoms with Gasteiger partial charge in [-0.15, -0.1) is 0 Å². The zero-order valence-electron chi connectivity index (χ0n) is 18.5. The van der Waals surface area contributed by atoms with E-state index in [1.165, 1.54) is 31.9 Å². The quantitative estimate of drug-likeness (QED) is 0.598. The van der Waals surface area contributed by atoms with Gasteiger partial charge in [0.25, 0.3) is 5.91 Å². The van der Waals surface area contributed by atoms with Crippen molar-refractivity contribution in [2.45, 2.75) is 18.9 Å². The molecular weight excluding hydrogens is 424 g/mol. The van der Waals surface area contributed by atoms with Crippen molar-refractivity contribution >= 4 is 23.7 Å². The zero-order chi connectivity index (χ0) is 23.7. The third kappa shape index (κ3) is 4.05. The normalized spacial score (nSPS) is 13.1. The molecule has 1 atom stereocenters. The van der Waals surface area contributed by atoms with Gasteiger partial charge in [0.1, 0.15) is 18.3 Å². The van der Waals surface area contributed by atoms with Gasteiger partial charge >= 0.3 is 12.1 Å². The van der Waals surface area contributed by atoms with Crippen molar-refractivity contribution < 1.29 is 24.2 Å². The second kappa shape index (κ2) is 8.78. The van der Waals surface area contributed by atoms with Crippen molar-refractivity contribution in [3.05, 3.63) is 71.5 Å². The molecule has 0 radical (unpaired) electrons. The molecule has 0 saturated heterocycles. The van der Waals surface area contributed by atoms with Gasteiger partial charge in [0, 0.05) is 20.0 Å². The number of carbonyl (C=O) groups is 3. The smallest absolute Gasteiger partial charge is 0.411 e. The number of amides is 2. The number of nitrogens with zero attached hydrogens (tertiary/aromatic N) is 3. The van der Waals surface area contributed by atoms with Gasteiger partial charge in [0.2, 0.25) is 0 Å². The SMILES string of the molecule is C[C@@H](C(=O)O)N(C)C(=O)c1c(NC(=O)OCC2c3ccccc3-c3ccccc32)cnn1C. The minimum absolute atomic E-state index is 0.0547. The van der Waals surface area contributed by atoms with Crippen LogP contribution >= 0.6 is 0 Å². The van der Waals surface area contributed by atoms with Gasteiger partial charge in [-0.3, -0.25) is 14.8 Å². The summed E-state index contributed by atoms with van der Waals surface area (Å²) in [6, 6.07) is 15.0. The molecular formula is C24H24N4O5. The summed E-state index contributed by atoms with van der Waals surface area (Å²) in [5.74, 6) is -1.82. The standard InChI is InChI=1S/C24H24N4O5/c1-14(23(30)31)27(2)22(29)21-20(12-25-28(21)3)26-24(32)33-13-19-17-10-6-4-8-15(17)16-9-5-7-11-18(16)19/h4-12,14,19H,13H2,1-3H3,(H,26,32)(H,30,31)/t14-/m0/s1. The van der Waals surface area contributed by atoms with E-state index in [0.717, 1.165) is 27.2 Å². The van der Waals surface area contributed by atoms with E-state index in [0.29, 0.717) is 0 Å². The molecule has 33 heavy (non-hydrogen) atoms. The molecule has 1 aliphatic carbocycles. The Morgan fingerprint density at radius 3 is 2.27 bits per heavy atom. The fourth-order valence-corrected chi connectivity index (χ4v) is 4.04. The first-order chi connectivity index (χ1) is 15.8. The number of carboxylic acid groups (broad SMARTS) is 1. The van der Waals surface area contributed by atoms with Crippen LogP contribution in [-0.2, 0) is 16.6 Å². The van der Waals surface area contributed by atoms with Crippen LogP contribution in [0.25, 0.3) is 11.1 Å². The van der Waals surface area contributed by atoms with Crippen molar-refractivity contribution in [3.63, 3.8) is 0 Å². The fraction of sp³-hybridized carbons (Fsp3) is 0.250. The van der Waals surface area contributed by atoms with Gasteiger partial charge in [0.05, 0.1) is 11.9 Å². The Morgan fingerprint density at radius 1 is 1.12 bits per heavy atom. The van der Waals surface area contributed by atoms with E-state index in [-0.39, 0.29) is 23.9 Å². The largest absolute Gasteiger partial charge is 0.480 e. The summed E-state index contributed by atoms with van der Waals surface area (Å²) in [6.07, 6.45) is 0.598. The Kier molecular flexibility index (Phi) is 5.87. The van der Waals surface area contributed by atoms with Crippen molar-refractivity contribution in [1.29, 1.82) is 0 Å². The highest BCUT2D eigenvalue weighted by atomic mass is 16.5. The van der Waals surface area contributed by atoms with Gasteiger partial charge in [-0.25, -0.2) is 9.59 Å². The summed E-state index contributed by atoms with van der Waals surface area (Å²) in [4.78, 5) is 37.7. The second-order valence-corrected chi connectivity index (χ2v) is 7.91. The van der Waals surface area contributed by atoms with Crippen LogP contribution in [0, 0.1) is 0 Å². The number of aromatic nitrogens is 2. The molecule has 2 N–H and O–H groups in total. The van der Waals surface area contributed by atoms with E-state index in [4.69, 9.17) is 4.74 Å². The highest BCUT2D eigenvalue weighted by molar-refractivity contribution is 6.02. The summed E-state index contributed by atoms with van der Waals surface area (Å²) in [7, 11) is 2.92. The lowest BCUT2D eigenvalue weighted by Gasteiger charge is -2.22. The molecule has 3 aromatic rings. The maximum Gasteiger partial charge on any atom is 0.411 e. The highest BCUT2D eigenvalue weighted by Crippen LogP contribution is 2.44. The van der Waals surface area contributed by atoms with Crippen LogP contribution in [0.5, 0.6) is 0 Å². The predicted octanol–water partition coefficient (Wildman–Crippen LogP) is 3.33. The Bertz CT molecular complexity index is 1190. The van der Waals surface area contributed by atoms with E-state index >= 15 is 0 Å². The lowest BCUT2D eigenvalue weighted by Crippen LogP contribution is -2.41.